The van der Waals surface area contributed by atoms with Gasteiger partial charge in [0.15, 0.2) is 0 Å². The summed E-state index contributed by atoms with van der Waals surface area (Å²) in [6.45, 7) is 1.27. The van der Waals surface area contributed by atoms with Crippen molar-refractivity contribution in [1.82, 2.24) is 0 Å². The normalized spacial score (nSPS) is 20.0. The average Bonchev–Trinajstić information content (AvgIpc) is 2.18. The van der Waals surface area contributed by atoms with Crippen LogP contribution in [-0.2, 0) is 14.3 Å². The molecule has 1 aliphatic heterocycles. The summed E-state index contributed by atoms with van der Waals surface area (Å²) < 4.78 is 22.3. The summed E-state index contributed by atoms with van der Waals surface area (Å²) in [5.74, 6) is -1.59. The van der Waals surface area contributed by atoms with Gasteiger partial charge in [0, 0.05) is 13.2 Å². The van der Waals surface area contributed by atoms with Crippen molar-refractivity contribution >= 4 is 5.97 Å². The van der Waals surface area contributed by atoms with Crippen molar-refractivity contribution in [2.24, 2.45) is 5.92 Å². The van der Waals surface area contributed by atoms with Crippen LogP contribution in [0.4, 0.5) is 4.39 Å². The molecule has 0 atom stereocenters. The number of hydrogen-bond donors (Lipinski definition) is 0. The minimum Gasteiger partial charge on any atom is -0.464 e. The lowest BCUT2D eigenvalue weighted by molar-refractivity contribution is -0.137. The maximum absolute atomic E-state index is 12.9. The van der Waals surface area contributed by atoms with Crippen molar-refractivity contribution in [3.63, 3.8) is 0 Å². The molecule has 0 N–H and O–H groups in total. The number of rotatable bonds is 2. The lowest BCUT2D eigenvalue weighted by atomic mass is 10.00. The Bertz CT molecular complexity index is 207. The lowest BCUT2D eigenvalue weighted by Gasteiger charge is -2.18. The minimum atomic E-state index is -0.897. The summed E-state index contributed by atoms with van der Waals surface area (Å²) in [5, 5.41) is 0. The van der Waals surface area contributed by atoms with E-state index in [1.54, 1.807) is 0 Å². The van der Waals surface area contributed by atoms with E-state index in [1.807, 2.05) is 0 Å². The van der Waals surface area contributed by atoms with Crippen LogP contribution in [0.5, 0.6) is 0 Å². The largest absolute Gasteiger partial charge is 0.464 e. The number of ether oxygens (including phenoxy) is 2. The topological polar surface area (TPSA) is 35.5 Å². The minimum absolute atomic E-state index is 0.104. The number of halogens is 1. The van der Waals surface area contributed by atoms with Gasteiger partial charge in [-0.3, -0.25) is 0 Å². The fourth-order valence-corrected chi connectivity index (χ4v) is 1.25. The average molecular weight is 188 g/mol. The molecule has 1 aliphatic rings. The van der Waals surface area contributed by atoms with Crippen molar-refractivity contribution in [1.29, 1.82) is 0 Å². The van der Waals surface area contributed by atoms with E-state index in [9.17, 15) is 9.18 Å². The molecule has 0 aromatic carbocycles. The molecule has 0 aromatic rings. The van der Waals surface area contributed by atoms with Gasteiger partial charge >= 0.3 is 5.97 Å². The Balaban J connectivity index is 2.47. The van der Waals surface area contributed by atoms with Crippen LogP contribution >= 0.6 is 0 Å². The summed E-state index contributed by atoms with van der Waals surface area (Å²) in [5.41, 5.74) is 0. The smallest absolute Gasteiger partial charge is 0.366 e. The number of hydrogen-bond acceptors (Lipinski definition) is 3. The van der Waals surface area contributed by atoms with Crippen molar-refractivity contribution in [3.8, 4) is 0 Å². The number of carbonyl (C=O) groups excluding carboxylic acids is 1. The molecule has 13 heavy (non-hydrogen) atoms. The van der Waals surface area contributed by atoms with Crippen LogP contribution < -0.4 is 0 Å². The molecule has 0 spiro atoms. The van der Waals surface area contributed by atoms with Crippen molar-refractivity contribution in [2.45, 2.75) is 12.8 Å². The zero-order valence-corrected chi connectivity index (χ0v) is 7.59. The van der Waals surface area contributed by atoms with E-state index in [0.29, 0.717) is 13.2 Å². The van der Waals surface area contributed by atoms with E-state index in [1.165, 1.54) is 13.2 Å². The first-order chi connectivity index (χ1) is 6.24. The molecule has 1 rings (SSSR count). The molecule has 1 saturated heterocycles. The molecule has 74 valence electrons. The first-order valence-corrected chi connectivity index (χ1v) is 4.27. The van der Waals surface area contributed by atoms with Crippen LogP contribution in [0.2, 0.25) is 0 Å². The second-order valence-electron chi connectivity index (χ2n) is 2.96. The molecule has 4 heteroatoms. The molecule has 3 nitrogen and oxygen atoms in total. The predicted octanol–water partition coefficient (Wildman–Crippen LogP) is 1.44. The maximum Gasteiger partial charge on any atom is 0.366 e. The third kappa shape index (κ3) is 3.14. The van der Waals surface area contributed by atoms with Crippen LogP contribution in [0.25, 0.3) is 0 Å². The van der Waals surface area contributed by atoms with Gasteiger partial charge in [-0.1, -0.05) is 0 Å². The van der Waals surface area contributed by atoms with Gasteiger partial charge in [0.1, 0.15) is 0 Å². The molecule has 1 fully saturated rings. The van der Waals surface area contributed by atoms with E-state index in [4.69, 9.17) is 4.74 Å². The first-order valence-electron chi connectivity index (χ1n) is 4.27. The van der Waals surface area contributed by atoms with Crippen LogP contribution in [0.15, 0.2) is 11.9 Å². The van der Waals surface area contributed by atoms with Crippen LogP contribution in [0, 0.1) is 5.92 Å². The Morgan fingerprint density at radius 3 is 2.69 bits per heavy atom. The van der Waals surface area contributed by atoms with Crippen LogP contribution in [0.3, 0.4) is 0 Å². The summed E-state index contributed by atoms with van der Waals surface area (Å²) in [6, 6.07) is 0. The van der Waals surface area contributed by atoms with Gasteiger partial charge in [-0.2, -0.15) is 4.39 Å². The van der Waals surface area contributed by atoms with Gasteiger partial charge < -0.3 is 9.47 Å². The number of methoxy groups -OCH3 is 1. The third-order valence-corrected chi connectivity index (χ3v) is 2.03. The Labute approximate surface area is 76.5 Å². The molecule has 0 bridgehead atoms. The standard InChI is InChI=1S/C9H13FO3/c1-12-9(11)8(10)6-7-2-4-13-5-3-7/h6-7H,2-5H2,1H3/b8-6-. The quantitative estimate of drug-likeness (QED) is 0.486. The zero-order valence-electron chi connectivity index (χ0n) is 7.59. The summed E-state index contributed by atoms with van der Waals surface area (Å²) in [6.07, 6.45) is 2.86. The van der Waals surface area contributed by atoms with Gasteiger partial charge in [0.25, 0.3) is 0 Å². The molecule has 0 aliphatic carbocycles. The molecule has 0 amide bonds. The monoisotopic (exact) mass is 188 g/mol. The maximum atomic E-state index is 12.9. The molecular formula is C9H13FO3. The highest BCUT2D eigenvalue weighted by atomic mass is 19.1. The van der Waals surface area contributed by atoms with Gasteiger partial charge in [0.2, 0.25) is 5.83 Å². The molecule has 0 unspecified atom stereocenters. The summed E-state index contributed by atoms with van der Waals surface area (Å²) >= 11 is 0. The molecule has 0 aromatic heterocycles. The van der Waals surface area contributed by atoms with Gasteiger partial charge in [-0.25, -0.2) is 4.79 Å². The van der Waals surface area contributed by atoms with Crippen molar-refractivity contribution in [3.05, 3.63) is 11.9 Å². The highest BCUT2D eigenvalue weighted by Gasteiger charge is 2.15. The molecular weight excluding hydrogens is 175 g/mol. The van der Waals surface area contributed by atoms with E-state index < -0.39 is 11.8 Å². The van der Waals surface area contributed by atoms with Crippen LogP contribution in [-0.4, -0.2) is 26.3 Å². The van der Waals surface area contributed by atoms with Gasteiger partial charge in [0.05, 0.1) is 7.11 Å². The molecule has 0 saturated carbocycles. The highest BCUT2D eigenvalue weighted by Crippen LogP contribution is 2.18. The SMILES string of the molecule is COC(=O)/C(F)=C/C1CCOCC1. The molecule has 1 heterocycles. The number of carbonyl (C=O) groups is 1. The van der Waals surface area contributed by atoms with Crippen LogP contribution in [0.1, 0.15) is 12.8 Å². The Morgan fingerprint density at radius 2 is 2.15 bits per heavy atom. The first kappa shape index (κ1) is 10.2. The van der Waals surface area contributed by atoms with Crippen molar-refractivity contribution in [2.75, 3.05) is 20.3 Å². The zero-order chi connectivity index (χ0) is 9.68. The Kier molecular flexibility index (Phi) is 3.89. The highest BCUT2D eigenvalue weighted by molar-refractivity contribution is 5.85. The van der Waals surface area contributed by atoms with Gasteiger partial charge in [-0.05, 0) is 24.8 Å². The summed E-state index contributed by atoms with van der Waals surface area (Å²) in [4.78, 5) is 10.7. The van der Waals surface area contributed by atoms with Crippen molar-refractivity contribution < 1.29 is 18.7 Å². The van der Waals surface area contributed by atoms with E-state index in [2.05, 4.69) is 4.74 Å². The van der Waals surface area contributed by atoms with E-state index in [-0.39, 0.29) is 5.92 Å². The summed E-state index contributed by atoms with van der Waals surface area (Å²) in [7, 11) is 1.17. The van der Waals surface area contributed by atoms with E-state index >= 15 is 0 Å². The second kappa shape index (κ2) is 4.97. The number of esters is 1. The Hall–Kier alpha value is -0.900. The van der Waals surface area contributed by atoms with E-state index in [0.717, 1.165) is 12.8 Å². The fraction of sp³-hybridized carbons (Fsp3) is 0.667. The second-order valence-corrected chi connectivity index (χ2v) is 2.96. The fourth-order valence-electron chi connectivity index (χ4n) is 1.25. The third-order valence-electron chi connectivity index (χ3n) is 2.03. The van der Waals surface area contributed by atoms with Gasteiger partial charge in [-0.15, -0.1) is 0 Å². The lowest BCUT2D eigenvalue weighted by Crippen LogP contribution is -2.15. The predicted molar refractivity (Wildman–Crippen MR) is 44.8 cm³/mol. The Morgan fingerprint density at radius 1 is 1.54 bits per heavy atom. The number of allylic oxidation sites excluding steroid dienone is 1. The molecule has 0 radical (unpaired) electrons.